The highest BCUT2D eigenvalue weighted by molar-refractivity contribution is 5.84. The number of amides is 1. The van der Waals surface area contributed by atoms with Crippen molar-refractivity contribution in [3.8, 4) is 17.2 Å². The summed E-state index contributed by atoms with van der Waals surface area (Å²) >= 11 is 0. The minimum Gasteiger partial charge on any atom is -0.493 e. The molecule has 2 rings (SSSR count). The van der Waals surface area contributed by atoms with Crippen LogP contribution in [0.3, 0.4) is 0 Å². The third-order valence-corrected chi connectivity index (χ3v) is 4.60. The molecule has 2 aromatic carbocycles. The number of aryl methyl sites for hydroxylation is 1. The maximum Gasteiger partial charge on any atom is 0.280 e. The number of hydrazone groups is 1. The second-order valence-electron chi connectivity index (χ2n) is 6.96. The van der Waals surface area contributed by atoms with Crippen LogP contribution in [0.1, 0.15) is 51.2 Å². The van der Waals surface area contributed by atoms with Gasteiger partial charge in [-0.25, -0.2) is 5.43 Å². The van der Waals surface area contributed by atoms with Crippen LogP contribution in [0.5, 0.6) is 17.2 Å². The van der Waals surface area contributed by atoms with Gasteiger partial charge in [-0.15, -0.1) is 0 Å². The Labute approximate surface area is 179 Å². The van der Waals surface area contributed by atoms with Crippen molar-refractivity contribution >= 4 is 12.1 Å². The molecule has 0 aromatic heterocycles. The van der Waals surface area contributed by atoms with Crippen LogP contribution in [0.15, 0.2) is 47.6 Å². The van der Waals surface area contributed by atoms with Gasteiger partial charge in [-0.05, 0) is 61.2 Å². The lowest BCUT2D eigenvalue weighted by molar-refractivity contribution is -0.127. The summed E-state index contributed by atoms with van der Waals surface area (Å²) in [6.45, 7) is 6.59. The van der Waals surface area contributed by atoms with E-state index in [1.165, 1.54) is 5.56 Å². The number of ether oxygens (including phenoxy) is 3. The van der Waals surface area contributed by atoms with E-state index in [0.717, 1.165) is 31.2 Å². The molecule has 0 aliphatic carbocycles. The van der Waals surface area contributed by atoms with Crippen LogP contribution < -0.4 is 19.6 Å². The summed E-state index contributed by atoms with van der Waals surface area (Å²) in [5.41, 5.74) is 4.52. The van der Waals surface area contributed by atoms with E-state index in [2.05, 4.69) is 24.4 Å². The van der Waals surface area contributed by atoms with Gasteiger partial charge in [0.1, 0.15) is 5.75 Å². The van der Waals surface area contributed by atoms with Crippen LogP contribution in [0.2, 0.25) is 0 Å². The van der Waals surface area contributed by atoms with E-state index < -0.39 is 6.10 Å². The van der Waals surface area contributed by atoms with Crippen LogP contribution in [0, 0.1) is 0 Å². The largest absolute Gasteiger partial charge is 0.493 e. The van der Waals surface area contributed by atoms with Gasteiger partial charge in [0.25, 0.3) is 5.91 Å². The molecule has 0 aliphatic rings. The molecular formula is C24H32N2O4. The molecule has 162 valence electrons. The van der Waals surface area contributed by atoms with Gasteiger partial charge in [0.05, 0.1) is 19.9 Å². The van der Waals surface area contributed by atoms with Crippen molar-refractivity contribution < 1.29 is 19.0 Å². The first-order valence-corrected chi connectivity index (χ1v) is 10.5. The molecule has 0 aliphatic heterocycles. The molecule has 0 bridgehead atoms. The number of unbranched alkanes of at least 4 members (excludes halogenated alkanes) is 2. The molecule has 0 spiro atoms. The van der Waals surface area contributed by atoms with Crippen molar-refractivity contribution in [3.63, 3.8) is 0 Å². The normalized spacial score (nSPS) is 11.9. The Morgan fingerprint density at radius 3 is 2.53 bits per heavy atom. The van der Waals surface area contributed by atoms with E-state index in [1.54, 1.807) is 20.2 Å². The Kier molecular flexibility index (Phi) is 9.71. The smallest absolute Gasteiger partial charge is 0.280 e. The van der Waals surface area contributed by atoms with Crippen molar-refractivity contribution in [2.75, 3.05) is 13.7 Å². The Balaban J connectivity index is 1.87. The molecule has 0 saturated heterocycles. The van der Waals surface area contributed by atoms with Gasteiger partial charge >= 0.3 is 0 Å². The fourth-order valence-corrected chi connectivity index (χ4v) is 2.74. The molecule has 1 N–H and O–H groups in total. The zero-order valence-electron chi connectivity index (χ0n) is 18.3. The molecule has 1 amide bonds. The molecule has 0 radical (unpaired) electrons. The highest BCUT2D eigenvalue weighted by Crippen LogP contribution is 2.27. The third kappa shape index (κ3) is 7.43. The zero-order chi connectivity index (χ0) is 21.8. The summed E-state index contributed by atoms with van der Waals surface area (Å²) in [6, 6.07) is 13.2. The second-order valence-corrected chi connectivity index (χ2v) is 6.96. The van der Waals surface area contributed by atoms with E-state index >= 15 is 0 Å². The van der Waals surface area contributed by atoms with Crippen LogP contribution in [-0.4, -0.2) is 31.9 Å². The van der Waals surface area contributed by atoms with Crippen LogP contribution in [-0.2, 0) is 11.2 Å². The zero-order valence-corrected chi connectivity index (χ0v) is 18.3. The predicted octanol–water partition coefficient (Wildman–Crippen LogP) is 4.74. The third-order valence-electron chi connectivity index (χ3n) is 4.60. The highest BCUT2D eigenvalue weighted by atomic mass is 16.5. The number of carbonyl (C=O) groups excluding carboxylic acids is 1. The molecule has 1 atom stereocenters. The van der Waals surface area contributed by atoms with E-state index in [0.29, 0.717) is 23.9 Å². The van der Waals surface area contributed by atoms with Gasteiger partial charge in [-0.1, -0.05) is 38.8 Å². The first-order valence-electron chi connectivity index (χ1n) is 10.5. The number of hydrogen-bond donors (Lipinski definition) is 1. The summed E-state index contributed by atoms with van der Waals surface area (Å²) in [5.74, 6) is 1.66. The van der Waals surface area contributed by atoms with Crippen molar-refractivity contribution in [1.82, 2.24) is 5.43 Å². The molecule has 0 fully saturated rings. The summed E-state index contributed by atoms with van der Waals surface area (Å²) in [4.78, 5) is 12.2. The van der Waals surface area contributed by atoms with Crippen LogP contribution in [0.25, 0.3) is 0 Å². The maximum absolute atomic E-state index is 12.2. The molecule has 0 saturated carbocycles. The molecule has 1 unspecified atom stereocenters. The summed E-state index contributed by atoms with van der Waals surface area (Å²) in [7, 11) is 1.60. The van der Waals surface area contributed by atoms with Gasteiger partial charge in [-0.3, -0.25) is 4.79 Å². The fraction of sp³-hybridized carbons (Fsp3) is 0.417. The van der Waals surface area contributed by atoms with Crippen LogP contribution >= 0.6 is 0 Å². The number of nitrogens with zero attached hydrogens (tertiary/aromatic N) is 1. The van der Waals surface area contributed by atoms with Gasteiger partial charge in [-0.2, -0.15) is 5.10 Å². The molecule has 6 nitrogen and oxygen atoms in total. The van der Waals surface area contributed by atoms with Crippen LogP contribution in [0.4, 0.5) is 0 Å². The lowest BCUT2D eigenvalue weighted by Gasteiger charge is -2.13. The molecule has 2 aromatic rings. The number of benzene rings is 2. The van der Waals surface area contributed by atoms with Gasteiger partial charge in [0, 0.05) is 0 Å². The Morgan fingerprint density at radius 1 is 1.10 bits per heavy atom. The molecular weight excluding hydrogens is 380 g/mol. The minimum atomic E-state index is -0.664. The van der Waals surface area contributed by atoms with E-state index in [-0.39, 0.29) is 5.91 Å². The molecule has 6 heteroatoms. The van der Waals surface area contributed by atoms with Gasteiger partial charge in [0.15, 0.2) is 17.6 Å². The van der Waals surface area contributed by atoms with E-state index in [4.69, 9.17) is 14.2 Å². The number of carbonyl (C=O) groups is 1. The quantitative estimate of drug-likeness (QED) is 0.310. The SMILES string of the molecule is CCCCCOc1ccc(C=NNC(=O)C(C)Oc2ccc(CC)cc2)cc1OC. The van der Waals surface area contributed by atoms with E-state index in [1.807, 2.05) is 42.5 Å². The average molecular weight is 413 g/mol. The van der Waals surface area contributed by atoms with Crippen molar-refractivity contribution in [1.29, 1.82) is 0 Å². The number of methoxy groups -OCH3 is 1. The Hall–Kier alpha value is -3.02. The summed E-state index contributed by atoms with van der Waals surface area (Å²) < 4.78 is 16.8. The minimum absolute atomic E-state index is 0.325. The molecule has 0 heterocycles. The summed E-state index contributed by atoms with van der Waals surface area (Å²) in [5, 5.41) is 4.02. The Bertz CT molecular complexity index is 818. The maximum atomic E-state index is 12.2. The number of nitrogens with one attached hydrogen (secondary N) is 1. The second kappa shape index (κ2) is 12.5. The first-order chi connectivity index (χ1) is 14.6. The average Bonchev–Trinajstić information content (AvgIpc) is 2.77. The predicted molar refractivity (Wildman–Crippen MR) is 120 cm³/mol. The lowest BCUT2D eigenvalue weighted by Crippen LogP contribution is -2.33. The summed E-state index contributed by atoms with van der Waals surface area (Å²) in [6.07, 6.45) is 5.15. The standard InChI is InChI=1S/C24H32N2O4/c1-5-7-8-15-29-22-14-11-20(16-23(22)28-4)17-25-26-24(27)18(3)30-21-12-9-19(6-2)10-13-21/h9-14,16-18H,5-8,15H2,1-4H3,(H,26,27). The monoisotopic (exact) mass is 412 g/mol. The van der Waals surface area contributed by atoms with Crippen molar-refractivity contribution in [2.45, 2.75) is 52.6 Å². The highest BCUT2D eigenvalue weighted by Gasteiger charge is 2.14. The number of rotatable bonds is 12. The lowest BCUT2D eigenvalue weighted by atomic mass is 10.2. The van der Waals surface area contributed by atoms with E-state index in [9.17, 15) is 4.79 Å². The topological polar surface area (TPSA) is 69.2 Å². The first kappa shape index (κ1) is 23.3. The van der Waals surface area contributed by atoms with Crippen molar-refractivity contribution in [3.05, 3.63) is 53.6 Å². The van der Waals surface area contributed by atoms with Gasteiger partial charge in [0.2, 0.25) is 0 Å². The van der Waals surface area contributed by atoms with Gasteiger partial charge < -0.3 is 14.2 Å². The van der Waals surface area contributed by atoms with Crippen molar-refractivity contribution in [2.24, 2.45) is 5.10 Å². The number of hydrogen-bond acceptors (Lipinski definition) is 5. The Morgan fingerprint density at radius 2 is 1.87 bits per heavy atom. The molecule has 30 heavy (non-hydrogen) atoms. The fourth-order valence-electron chi connectivity index (χ4n) is 2.74.